The highest BCUT2D eigenvalue weighted by Crippen LogP contribution is 2.56. The largest absolute Gasteiger partial charge is 0.308 e. The minimum absolute atomic E-state index is 0.658. The topological polar surface area (TPSA) is 8.17 Å². The number of para-hydroxylation sites is 1. The van der Waals surface area contributed by atoms with Gasteiger partial charge in [0.05, 0.1) is 16.7 Å². The Balaban J connectivity index is 1.38. The third-order valence-corrected chi connectivity index (χ3v) is 9.35. The summed E-state index contributed by atoms with van der Waals surface area (Å²) < 4.78 is 2.59. The summed E-state index contributed by atoms with van der Waals surface area (Å²) in [7, 11) is 0. The molecule has 0 fully saturated rings. The number of fused-ring (bicyclic) bond motifs is 3. The van der Waals surface area contributed by atoms with Crippen molar-refractivity contribution in [3.05, 3.63) is 193 Å². The fourth-order valence-corrected chi connectivity index (χ4v) is 7.44. The minimum Gasteiger partial charge on any atom is -0.308 e. The molecule has 0 radical (unpaired) electrons. The maximum absolute atomic E-state index is 2.59. The molecule has 1 aliphatic heterocycles. The van der Waals surface area contributed by atoms with Gasteiger partial charge < -0.3 is 9.47 Å². The summed E-state index contributed by atoms with van der Waals surface area (Å²) in [6.07, 6.45) is 0. The molecule has 0 atom stereocenters. The van der Waals surface area contributed by atoms with Gasteiger partial charge in [0.1, 0.15) is 0 Å². The molecule has 212 valence electrons. The van der Waals surface area contributed by atoms with Crippen molar-refractivity contribution in [3.63, 3.8) is 0 Å². The molecule has 0 amide bonds. The molecule has 1 aromatic heterocycles. The van der Waals surface area contributed by atoms with Crippen LogP contribution >= 0.6 is 0 Å². The average Bonchev–Trinajstić information content (AvgIpc) is 3.63. The maximum Gasteiger partial charge on any atom is 0.175 e. The Hall–Kier alpha value is -5.86. The van der Waals surface area contributed by atoms with Gasteiger partial charge in [-0.1, -0.05) is 152 Å². The highest BCUT2D eigenvalue weighted by atomic mass is 15.4. The van der Waals surface area contributed by atoms with Gasteiger partial charge in [0.25, 0.3) is 0 Å². The fraction of sp³-hybridized carbons (Fsp3) is 0.0233. The number of anilines is 2. The Labute approximate surface area is 263 Å². The number of benzene rings is 7. The van der Waals surface area contributed by atoms with E-state index in [1.807, 2.05) is 0 Å². The van der Waals surface area contributed by atoms with Gasteiger partial charge in [-0.2, -0.15) is 0 Å². The van der Waals surface area contributed by atoms with Crippen LogP contribution in [0.15, 0.2) is 182 Å². The van der Waals surface area contributed by atoms with Crippen LogP contribution in [0.4, 0.5) is 11.4 Å². The monoisotopic (exact) mass is 574 g/mol. The molecule has 9 rings (SSSR count). The molecule has 2 heterocycles. The van der Waals surface area contributed by atoms with E-state index in [0.29, 0.717) is 0 Å². The van der Waals surface area contributed by atoms with Crippen molar-refractivity contribution >= 4 is 33.2 Å². The molecule has 1 aliphatic rings. The molecule has 0 aliphatic carbocycles. The number of nitrogens with zero attached hydrogens (tertiary/aromatic N) is 2. The lowest BCUT2D eigenvalue weighted by Gasteiger charge is -2.43. The van der Waals surface area contributed by atoms with Crippen LogP contribution in [-0.2, 0) is 5.66 Å². The lowest BCUT2D eigenvalue weighted by molar-refractivity contribution is 0.487. The van der Waals surface area contributed by atoms with Crippen LogP contribution in [0.3, 0.4) is 0 Å². The molecule has 0 N–H and O–H groups in total. The van der Waals surface area contributed by atoms with Crippen molar-refractivity contribution in [3.8, 4) is 22.3 Å². The Kier molecular flexibility index (Phi) is 5.76. The number of rotatable bonds is 5. The molecule has 0 spiro atoms. The Bertz CT molecular complexity index is 2250. The first-order valence-electron chi connectivity index (χ1n) is 15.5. The van der Waals surface area contributed by atoms with Gasteiger partial charge in [-0.15, -0.1) is 0 Å². The van der Waals surface area contributed by atoms with Gasteiger partial charge in [-0.3, -0.25) is 0 Å². The molecule has 7 aromatic carbocycles. The number of hydrogen-bond acceptors (Lipinski definition) is 1. The molecule has 0 unspecified atom stereocenters. The first-order valence-corrected chi connectivity index (χ1v) is 15.5. The predicted octanol–water partition coefficient (Wildman–Crippen LogP) is 11.0. The van der Waals surface area contributed by atoms with Crippen LogP contribution in [-0.4, -0.2) is 4.57 Å². The van der Waals surface area contributed by atoms with E-state index in [9.17, 15) is 0 Å². The van der Waals surface area contributed by atoms with E-state index >= 15 is 0 Å². The van der Waals surface area contributed by atoms with Crippen LogP contribution in [0.25, 0.3) is 44.1 Å². The van der Waals surface area contributed by atoms with Crippen LogP contribution in [0.1, 0.15) is 11.1 Å². The third-order valence-electron chi connectivity index (χ3n) is 9.35. The van der Waals surface area contributed by atoms with E-state index < -0.39 is 5.66 Å². The van der Waals surface area contributed by atoms with Crippen molar-refractivity contribution in [2.75, 3.05) is 4.90 Å². The smallest absolute Gasteiger partial charge is 0.175 e. The minimum atomic E-state index is -0.658. The van der Waals surface area contributed by atoms with Crippen molar-refractivity contribution in [1.29, 1.82) is 0 Å². The molecule has 45 heavy (non-hydrogen) atoms. The highest BCUT2D eigenvalue weighted by molar-refractivity contribution is 6.16. The molecule has 2 heteroatoms. The second-order valence-corrected chi connectivity index (χ2v) is 11.8. The van der Waals surface area contributed by atoms with Crippen molar-refractivity contribution in [1.82, 2.24) is 4.57 Å². The lowest BCUT2D eigenvalue weighted by Crippen LogP contribution is -2.47. The standard InChI is InChI=1S/C43H30N2/c1-5-14-31(15-6-1)33-24-27-37(28-25-33)44-41-23-13-22-38-39-30-34(32-16-7-2-8-17-32)26-29-40(39)45(42(38)41)43(44,35-18-9-3-10-19-35)36-20-11-4-12-21-36/h1-30H. The zero-order valence-electron chi connectivity index (χ0n) is 24.7. The molecule has 2 nitrogen and oxygen atoms in total. The van der Waals surface area contributed by atoms with Gasteiger partial charge >= 0.3 is 0 Å². The summed E-state index contributed by atoms with van der Waals surface area (Å²) in [5.74, 6) is 0. The van der Waals surface area contributed by atoms with Gasteiger partial charge in [0.2, 0.25) is 0 Å². The zero-order chi connectivity index (χ0) is 29.8. The van der Waals surface area contributed by atoms with E-state index in [0.717, 1.165) is 5.69 Å². The summed E-state index contributed by atoms with van der Waals surface area (Å²) >= 11 is 0. The Morgan fingerprint density at radius 1 is 0.378 bits per heavy atom. The van der Waals surface area contributed by atoms with Gasteiger partial charge in [-0.05, 0) is 52.6 Å². The highest BCUT2D eigenvalue weighted by Gasteiger charge is 2.50. The summed E-state index contributed by atoms with van der Waals surface area (Å²) in [5, 5.41) is 2.53. The number of aromatic nitrogens is 1. The summed E-state index contributed by atoms with van der Waals surface area (Å²) in [5.41, 5.74) is 11.5. The van der Waals surface area contributed by atoms with E-state index in [2.05, 4.69) is 191 Å². The quantitative estimate of drug-likeness (QED) is 0.198. The second kappa shape index (κ2) is 10.1. The normalized spacial score (nSPS) is 13.5. The van der Waals surface area contributed by atoms with Gasteiger partial charge in [0.15, 0.2) is 5.66 Å². The number of hydrogen-bond donors (Lipinski definition) is 0. The Morgan fingerprint density at radius 2 is 0.889 bits per heavy atom. The van der Waals surface area contributed by atoms with Crippen LogP contribution in [0, 0.1) is 0 Å². The summed E-state index contributed by atoms with van der Waals surface area (Å²) in [6, 6.07) is 66.1. The average molecular weight is 575 g/mol. The van der Waals surface area contributed by atoms with Gasteiger partial charge in [-0.25, -0.2) is 0 Å². The first-order chi connectivity index (χ1) is 22.3. The molecule has 0 saturated carbocycles. The van der Waals surface area contributed by atoms with Crippen LogP contribution < -0.4 is 4.90 Å². The molecular formula is C43H30N2. The molecule has 0 bridgehead atoms. The predicted molar refractivity (Wildman–Crippen MR) is 188 cm³/mol. The first kappa shape index (κ1) is 25.6. The van der Waals surface area contributed by atoms with Crippen LogP contribution in [0.2, 0.25) is 0 Å². The molecular weight excluding hydrogens is 544 g/mol. The second-order valence-electron chi connectivity index (χ2n) is 11.8. The van der Waals surface area contributed by atoms with E-state index in [1.165, 1.54) is 60.9 Å². The Morgan fingerprint density at radius 3 is 1.49 bits per heavy atom. The summed E-state index contributed by atoms with van der Waals surface area (Å²) in [4.78, 5) is 2.55. The zero-order valence-corrected chi connectivity index (χ0v) is 24.7. The van der Waals surface area contributed by atoms with Crippen LogP contribution in [0.5, 0.6) is 0 Å². The van der Waals surface area contributed by atoms with E-state index in [-0.39, 0.29) is 0 Å². The SMILES string of the molecule is c1ccc(-c2ccc(N3c4cccc5c6cc(-c7ccccc7)ccc6n(c45)C3(c3ccccc3)c3ccccc3)cc2)cc1. The van der Waals surface area contributed by atoms with Crippen molar-refractivity contribution in [2.45, 2.75) is 5.66 Å². The third kappa shape index (κ3) is 3.76. The van der Waals surface area contributed by atoms with Crippen molar-refractivity contribution in [2.24, 2.45) is 0 Å². The van der Waals surface area contributed by atoms with Crippen molar-refractivity contribution < 1.29 is 0 Å². The van der Waals surface area contributed by atoms with Gasteiger partial charge in [0, 0.05) is 27.6 Å². The lowest BCUT2D eigenvalue weighted by atomic mass is 9.88. The van der Waals surface area contributed by atoms with E-state index in [4.69, 9.17) is 0 Å². The fourth-order valence-electron chi connectivity index (χ4n) is 7.44. The molecule has 0 saturated heterocycles. The summed E-state index contributed by atoms with van der Waals surface area (Å²) in [6.45, 7) is 0. The molecule has 8 aromatic rings. The van der Waals surface area contributed by atoms with E-state index in [1.54, 1.807) is 0 Å². The maximum atomic E-state index is 2.59.